The van der Waals surface area contributed by atoms with Gasteiger partial charge in [0.1, 0.15) is 0 Å². The van der Waals surface area contributed by atoms with Crippen molar-refractivity contribution < 1.29 is 24.0 Å². The molecule has 0 radical (unpaired) electrons. The molecule has 0 aliphatic carbocycles. The number of hydrogen-bond donors (Lipinski definition) is 1. The normalized spacial score (nSPS) is 11.3. The molecule has 0 aromatic carbocycles. The van der Waals surface area contributed by atoms with E-state index in [4.69, 9.17) is 15.1 Å². The van der Waals surface area contributed by atoms with Gasteiger partial charge in [-0.1, -0.05) is 80.1 Å². The number of quaternary nitrogens is 2. The van der Waals surface area contributed by atoms with E-state index < -0.39 is 7.32 Å². The van der Waals surface area contributed by atoms with Crippen molar-refractivity contribution in [1.29, 1.82) is 0 Å². The van der Waals surface area contributed by atoms with Crippen LogP contribution in [0, 0.1) is 0 Å². The van der Waals surface area contributed by atoms with Gasteiger partial charge in [-0.05, 0) is 38.5 Å². The smallest absolute Gasteiger partial charge is 0.0784 e. The van der Waals surface area contributed by atoms with Crippen LogP contribution < -0.4 is 10.0 Å². The van der Waals surface area contributed by atoms with Crippen LogP contribution in [0.25, 0.3) is 0 Å². The predicted octanol–water partition coefficient (Wildman–Crippen LogP) is 4.35. The van der Waals surface area contributed by atoms with E-state index >= 15 is 0 Å². The Morgan fingerprint density at radius 1 is 0.469 bits per heavy atom. The molecule has 0 aliphatic rings. The SMILES string of the molecule is CCCC[N+](C)(CCCC)CCCC.CCCC[N+](C)(CCCC)CCCC.[O-]B([O-])O. The van der Waals surface area contributed by atoms with Crippen molar-refractivity contribution in [1.82, 2.24) is 0 Å². The molecule has 0 spiro atoms. The lowest BCUT2D eigenvalue weighted by molar-refractivity contribution is -0.910. The molecule has 0 heterocycles. The lowest BCUT2D eigenvalue weighted by atomic mass is 10.2. The van der Waals surface area contributed by atoms with Crippen LogP contribution in [0.4, 0.5) is 0 Å². The first-order chi connectivity index (χ1) is 15.1. The van der Waals surface area contributed by atoms with E-state index in [1.165, 1.54) is 125 Å². The molecular formula is C26H61BN2O3. The quantitative estimate of drug-likeness (QED) is 0.244. The average molecular weight is 461 g/mol. The van der Waals surface area contributed by atoms with Gasteiger partial charge in [0.2, 0.25) is 0 Å². The summed E-state index contributed by atoms with van der Waals surface area (Å²) in [6.45, 7) is 22.1. The Labute approximate surface area is 203 Å². The zero-order chi connectivity index (χ0) is 25.3. The monoisotopic (exact) mass is 460 g/mol. The van der Waals surface area contributed by atoms with Crippen LogP contribution >= 0.6 is 0 Å². The third-order valence-electron chi connectivity index (χ3n) is 6.31. The van der Waals surface area contributed by atoms with Crippen LogP contribution in [0.15, 0.2) is 0 Å². The molecule has 0 atom stereocenters. The van der Waals surface area contributed by atoms with E-state index in [9.17, 15) is 0 Å². The molecule has 5 nitrogen and oxygen atoms in total. The van der Waals surface area contributed by atoms with E-state index in [1.807, 2.05) is 0 Å². The van der Waals surface area contributed by atoms with Crippen LogP contribution in [0.3, 0.4) is 0 Å². The fraction of sp³-hybridized carbons (Fsp3) is 1.00. The summed E-state index contributed by atoms with van der Waals surface area (Å²) in [5.74, 6) is 0. The van der Waals surface area contributed by atoms with Crippen molar-refractivity contribution >= 4 is 7.32 Å². The first-order valence-electron chi connectivity index (χ1n) is 13.8. The third kappa shape index (κ3) is 27.9. The maximum Gasteiger partial charge on any atom is 0.0784 e. The van der Waals surface area contributed by atoms with Gasteiger partial charge in [0.05, 0.1) is 60.7 Å². The zero-order valence-corrected chi connectivity index (χ0v) is 23.5. The molecule has 196 valence electrons. The van der Waals surface area contributed by atoms with Crippen LogP contribution in [0.2, 0.25) is 0 Å². The van der Waals surface area contributed by atoms with E-state index in [1.54, 1.807) is 0 Å². The summed E-state index contributed by atoms with van der Waals surface area (Å²) in [5.41, 5.74) is 0. The number of hydrogen-bond acceptors (Lipinski definition) is 3. The standard InChI is InChI=1S/2C13H30N.BHO3/c2*1-5-8-11-14(4,12-9-6-2)13-10-7-3;2-1(3)4/h2*5-13H2,1-4H3;2H/q2*+1;-2. The first kappa shape index (κ1) is 36.4. The molecule has 0 saturated carbocycles. The lowest BCUT2D eigenvalue weighted by Gasteiger charge is -2.34. The summed E-state index contributed by atoms with van der Waals surface area (Å²) >= 11 is 0. The lowest BCUT2D eigenvalue weighted by Crippen LogP contribution is -2.46. The molecule has 0 unspecified atom stereocenters. The van der Waals surface area contributed by atoms with Crippen molar-refractivity contribution in [3.63, 3.8) is 0 Å². The topological polar surface area (TPSA) is 66.3 Å². The Bertz CT molecular complexity index is 282. The molecule has 0 amide bonds. The van der Waals surface area contributed by atoms with Crippen molar-refractivity contribution in [3.05, 3.63) is 0 Å². The molecular weight excluding hydrogens is 399 g/mol. The van der Waals surface area contributed by atoms with Crippen molar-refractivity contribution in [3.8, 4) is 0 Å². The zero-order valence-electron chi connectivity index (χ0n) is 23.5. The number of unbranched alkanes of at least 4 members (excludes halogenated alkanes) is 6. The Kier molecular flexibility index (Phi) is 29.0. The maximum atomic E-state index is 8.53. The Hall–Kier alpha value is -0.135. The minimum atomic E-state index is -2.67. The van der Waals surface area contributed by atoms with Gasteiger partial charge in [0, 0.05) is 0 Å². The van der Waals surface area contributed by atoms with E-state index in [-0.39, 0.29) is 0 Å². The maximum absolute atomic E-state index is 8.53. The van der Waals surface area contributed by atoms with Gasteiger partial charge in [-0.25, -0.2) is 0 Å². The summed E-state index contributed by atoms with van der Waals surface area (Å²) in [4.78, 5) is 0. The second-order valence-corrected chi connectivity index (χ2v) is 10.0. The molecule has 0 bridgehead atoms. The molecule has 6 heteroatoms. The van der Waals surface area contributed by atoms with Gasteiger partial charge in [0.25, 0.3) is 0 Å². The van der Waals surface area contributed by atoms with E-state index in [0.29, 0.717) is 0 Å². The van der Waals surface area contributed by atoms with Gasteiger partial charge < -0.3 is 24.0 Å². The Morgan fingerprint density at radius 2 is 0.594 bits per heavy atom. The Morgan fingerprint density at radius 3 is 0.688 bits per heavy atom. The first-order valence-corrected chi connectivity index (χ1v) is 13.8. The second-order valence-electron chi connectivity index (χ2n) is 10.0. The van der Waals surface area contributed by atoms with Gasteiger partial charge in [0.15, 0.2) is 0 Å². The van der Waals surface area contributed by atoms with Crippen LogP contribution in [-0.4, -0.2) is 74.7 Å². The largest absolute Gasteiger partial charge is 0.871 e. The van der Waals surface area contributed by atoms with Crippen LogP contribution in [0.1, 0.15) is 119 Å². The number of rotatable bonds is 18. The van der Waals surface area contributed by atoms with Crippen molar-refractivity contribution in [2.24, 2.45) is 0 Å². The molecule has 0 rings (SSSR count). The van der Waals surface area contributed by atoms with Gasteiger partial charge in [-0.15, -0.1) is 0 Å². The summed E-state index contributed by atoms with van der Waals surface area (Å²) < 4.78 is 2.63. The fourth-order valence-corrected chi connectivity index (χ4v) is 3.91. The summed E-state index contributed by atoms with van der Waals surface area (Å²) in [5, 5.41) is 24.0. The van der Waals surface area contributed by atoms with E-state index in [0.717, 1.165) is 0 Å². The van der Waals surface area contributed by atoms with Gasteiger partial charge >= 0.3 is 0 Å². The molecule has 1 N–H and O–H groups in total. The highest BCUT2D eigenvalue weighted by molar-refractivity contribution is 6.26. The average Bonchev–Trinajstić information content (AvgIpc) is 2.76. The summed E-state index contributed by atoms with van der Waals surface area (Å²) in [6, 6.07) is 0. The minimum absolute atomic E-state index is 1.32. The fourth-order valence-electron chi connectivity index (χ4n) is 3.91. The van der Waals surface area contributed by atoms with Gasteiger partial charge in [-0.2, -0.15) is 0 Å². The highest BCUT2D eigenvalue weighted by Gasteiger charge is 2.19. The highest BCUT2D eigenvalue weighted by atomic mass is 16.5. The predicted molar refractivity (Wildman–Crippen MR) is 139 cm³/mol. The van der Waals surface area contributed by atoms with Gasteiger partial charge in [-0.3, -0.25) is 0 Å². The highest BCUT2D eigenvalue weighted by Crippen LogP contribution is 2.11. The molecule has 0 aliphatic heterocycles. The van der Waals surface area contributed by atoms with Crippen molar-refractivity contribution in [2.75, 3.05) is 53.4 Å². The van der Waals surface area contributed by atoms with Crippen molar-refractivity contribution in [2.45, 2.75) is 119 Å². The number of nitrogens with zero attached hydrogens (tertiary/aromatic N) is 2. The Balaban J connectivity index is -0.000000450. The van der Waals surface area contributed by atoms with Crippen LogP contribution in [-0.2, 0) is 0 Å². The molecule has 0 saturated heterocycles. The molecule has 0 fully saturated rings. The third-order valence-corrected chi connectivity index (χ3v) is 6.31. The molecule has 0 aromatic rings. The molecule has 32 heavy (non-hydrogen) atoms. The molecule has 0 aromatic heterocycles. The van der Waals surface area contributed by atoms with Crippen LogP contribution in [0.5, 0.6) is 0 Å². The second kappa shape index (κ2) is 25.5. The minimum Gasteiger partial charge on any atom is -0.871 e. The summed E-state index contributed by atoms with van der Waals surface area (Å²) in [6.07, 6.45) is 16.4. The van der Waals surface area contributed by atoms with E-state index in [2.05, 4.69) is 55.6 Å². The summed E-state index contributed by atoms with van der Waals surface area (Å²) in [7, 11) is 2.22.